The lowest BCUT2D eigenvalue weighted by molar-refractivity contribution is 0.174. The van der Waals surface area contributed by atoms with Gasteiger partial charge in [0.2, 0.25) is 6.79 Å². The van der Waals surface area contributed by atoms with E-state index in [2.05, 4.69) is 10.3 Å². The highest BCUT2D eigenvalue weighted by molar-refractivity contribution is 7.80. The molecule has 0 aliphatic carbocycles. The first-order chi connectivity index (χ1) is 16.4. The number of thiocarbonyl (C=S) groups is 1. The van der Waals surface area contributed by atoms with Gasteiger partial charge in [-0.3, -0.25) is 4.79 Å². The summed E-state index contributed by atoms with van der Waals surface area (Å²) in [6, 6.07) is 17.2. The molecule has 0 spiro atoms. The number of nitrogens with zero attached hydrogens (tertiary/aromatic N) is 1. The van der Waals surface area contributed by atoms with E-state index >= 15 is 0 Å². The maximum atomic E-state index is 13.4. The van der Waals surface area contributed by atoms with Crippen LogP contribution in [0.25, 0.3) is 10.9 Å². The van der Waals surface area contributed by atoms with Gasteiger partial charge in [-0.15, -0.1) is 0 Å². The van der Waals surface area contributed by atoms with Crippen LogP contribution < -0.4 is 20.3 Å². The zero-order valence-electron chi connectivity index (χ0n) is 17.8. The molecule has 0 bridgehead atoms. The van der Waals surface area contributed by atoms with E-state index in [9.17, 15) is 13.6 Å². The van der Waals surface area contributed by atoms with Crippen LogP contribution in [0.4, 0.5) is 14.5 Å². The van der Waals surface area contributed by atoms with Crippen LogP contribution in [0.1, 0.15) is 11.1 Å². The number of fused-ring (bicyclic) bond motifs is 2. The molecule has 1 aliphatic rings. The van der Waals surface area contributed by atoms with Crippen molar-refractivity contribution in [3.05, 3.63) is 99.8 Å². The smallest absolute Gasteiger partial charge is 0.253 e. The van der Waals surface area contributed by atoms with Crippen molar-refractivity contribution in [2.24, 2.45) is 0 Å². The molecule has 1 aromatic heterocycles. The Morgan fingerprint density at radius 1 is 0.941 bits per heavy atom. The number of halogens is 2. The Labute approximate surface area is 198 Å². The van der Waals surface area contributed by atoms with Crippen LogP contribution in [0.5, 0.6) is 11.5 Å². The number of aromatic nitrogens is 1. The van der Waals surface area contributed by atoms with Crippen molar-refractivity contribution < 1.29 is 18.3 Å². The molecule has 0 saturated carbocycles. The summed E-state index contributed by atoms with van der Waals surface area (Å²) in [6.45, 7) is 0.646. The van der Waals surface area contributed by atoms with Crippen molar-refractivity contribution in [3.8, 4) is 11.5 Å². The molecule has 172 valence electrons. The predicted molar refractivity (Wildman–Crippen MR) is 129 cm³/mol. The van der Waals surface area contributed by atoms with Gasteiger partial charge in [0.25, 0.3) is 5.56 Å². The number of hydrogen-bond donors (Lipinski definition) is 2. The lowest BCUT2D eigenvalue weighted by Gasteiger charge is -2.26. The molecular formula is C25H19F2N3O3S. The second-order valence-corrected chi connectivity index (χ2v) is 8.22. The average Bonchev–Trinajstić information content (AvgIpc) is 3.27. The number of hydrogen-bond acceptors (Lipinski definition) is 4. The number of nitrogens with one attached hydrogen (secondary N) is 2. The molecule has 2 N–H and O–H groups in total. The van der Waals surface area contributed by atoms with Crippen LogP contribution in [0, 0.1) is 11.6 Å². The maximum absolute atomic E-state index is 13.4. The summed E-state index contributed by atoms with van der Waals surface area (Å²) in [7, 11) is 0. The average molecular weight is 480 g/mol. The summed E-state index contributed by atoms with van der Waals surface area (Å²) in [5.74, 6) is 0.496. The van der Waals surface area contributed by atoms with Gasteiger partial charge in [0, 0.05) is 29.2 Å². The number of benzene rings is 3. The van der Waals surface area contributed by atoms with Gasteiger partial charge in [-0.1, -0.05) is 12.1 Å². The molecule has 2 heterocycles. The van der Waals surface area contributed by atoms with E-state index in [1.807, 2.05) is 6.07 Å². The number of H-pyrrole nitrogens is 1. The first kappa shape index (κ1) is 21.8. The molecule has 0 fully saturated rings. The second kappa shape index (κ2) is 9.11. The molecule has 0 radical (unpaired) electrons. The summed E-state index contributed by atoms with van der Waals surface area (Å²) < 4.78 is 37.5. The van der Waals surface area contributed by atoms with Gasteiger partial charge in [-0.2, -0.15) is 0 Å². The molecule has 9 heteroatoms. The van der Waals surface area contributed by atoms with Gasteiger partial charge in [0.05, 0.1) is 12.1 Å². The van der Waals surface area contributed by atoms with Crippen molar-refractivity contribution in [2.75, 3.05) is 12.1 Å². The van der Waals surface area contributed by atoms with E-state index in [-0.39, 0.29) is 30.5 Å². The number of pyridine rings is 1. The molecule has 4 aromatic rings. The van der Waals surface area contributed by atoms with Gasteiger partial charge >= 0.3 is 0 Å². The summed E-state index contributed by atoms with van der Waals surface area (Å²) in [6.07, 6.45) is 0. The highest BCUT2D eigenvalue weighted by Gasteiger charge is 2.18. The lowest BCUT2D eigenvalue weighted by Crippen LogP contribution is -2.35. The number of aromatic amines is 1. The molecule has 0 unspecified atom stereocenters. The lowest BCUT2D eigenvalue weighted by atomic mass is 10.1. The van der Waals surface area contributed by atoms with Crippen molar-refractivity contribution >= 4 is 33.9 Å². The third-order valence-corrected chi connectivity index (χ3v) is 5.81. The maximum Gasteiger partial charge on any atom is 0.253 e. The Kier molecular flexibility index (Phi) is 5.85. The summed E-state index contributed by atoms with van der Waals surface area (Å²) >= 11 is 5.62. The van der Waals surface area contributed by atoms with E-state index < -0.39 is 0 Å². The molecule has 3 aromatic carbocycles. The highest BCUT2D eigenvalue weighted by Crippen LogP contribution is 2.35. The van der Waals surface area contributed by atoms with Crippen molar-refractivity contribution in [2.45, 2.75) is 13.1 Å². The second-order valence-electron chi connectivity index (χ2n) is 7.84. The Morgan fingerprint density at radius 3 is 2.29 bits per heavy atom. The molecule has 6 nitrogen and oxygen atoms in total. The van der Waals surface area contributed by atoms with Crippen LogP contribution in [-0.4, -0.2) is 21.8 Å². The third kappa shape index (κ3) is 4.69. The van der Waals surface area contributed by atoms with Crippen LogP contribution in [0.2, 0.25) is 0 Å². The standard InChI is InChI=1S/C25H19F2N3O3S/c26-18-3-1-15(2-4-18)12-30(25(34)28-20-7-5-19(27)6-8-20)13-17-9-16-10-22-23(33-14-32-22)11-21(16)29-24(17)31/h1-11H,12-14H2,(H,28,34)(H,29,31). The van der Waals surface area contributed by atoms with Crippen molar-refractivity contribution in [1.82, 2.24) is 9.88 Å². The zero-order valence-corrected chi connectivity index (χ0v) is 18.6. The number of anilines is 1. The van der Waals surface area contributed by atoms with E-state index in [0.29, 0.717) is 39.9 Å². The van der Waals surface area contributed by atoms with Gasteiger partial charge in [-0.25, -0.2) is 8.78 Å². The van der Waals surface area contributed by atoms with Crippen LogP contribution in [-0.2, 0) is 13.1 Å². The predicted octanol–water partition coefficient (Wildman–Crippen LogP) is 4.93. The Bertz CT molecular complexity index is 1420. The first-order valence-electron chi connectivity index (χ1n) is 10.5. The van der Waals surface area contributed by atoms with Gasteiger partial charge in [-0.05, 0) is 66.3 Å². The summed E-state index contributed by atoms with van der Waals surface area (Å²) in [5, 5.41) is 4.20. The molecule has 0 atom stereocenters. The minimum Gasteiger partial charge on any atom is -0.454 e. The molecule has 0 saturated heterocycles. The first-order valence-corrected chi connectivity index (χ1v) is 10.9. The fraction of sp³-hybridized carbons (Fsp3) is 0.120. The number of ether oxygens (including phenoxy) is 2. The van der Waals surface area contributed by atoms with Crippen molar-refractivity contribution in [1.29, 1.82) is 0 Å². The Hall–Kier alpha value is -3.98. The van der Waals surface area contributed by atoms with E-state index in [1.165, 1.54) is 24.3 Å². The zero-order chi connectivity index (χ0) is 23.7. The largest absolute Gasteiger partial charge is 0.454 e. The highest BCUT2D eigenvalue weighted by atomic mass is 32.1. The topological polar surface area (TPSA) is 66.6 Å². The summed E-state index contributed by atoms with van der Waals surface area (Å²) in [5.41, 5.74) is 2.27. The Morgan fingerprint density at radius 2 is 1.59 bits per heavy atom. The normalized spacial score (nSPS) is 12.1. The van der Waals surface area contributed by atoms with Crippen LogP contribution in [0.3, 0.4) is 0 Å². The third-order valence-electron chi connectivity index (χ3n) is 5.44. The monoisotopic (exact) mass is 479 g/mol. The molecule has 1 aliphatic heterocycles. The van der Waals surface area contributed by atoms with Gasteiger partial charge in [0.15, 0.2) is 16.6 Å². The van der Waals surface area contributed by atoms with E-state index in [1.54, 1.807) is 41.3 Å². The summed E-state index contributed by atoms with van der Waals surface area (Å²) in [4.78, 5) is 17.5. The minimum atomic E-state index is -0.358. The van der Waals surface area contributed by atoms with Crippen LogP contribution >= 0.6 is 12.2 Å². The number of rotatable bonds is 5. The minimum absolute atomic E-state index is 0.136. The van der Waals surface area contributed by atoms with Crippen molar-refractivity contribution in [3.63, 3.8) is 0 Å². The Balaban J connectivity index is 1.45. The SMILES string of the molecule is O=c1[nH]c2cc3c(cc2cc1CN(Cc1ccc(F)cc1)C(=S)Nc1ccc(F)cc1)OCO3. The molecule has 5 rings (SSSR count). The molecular weight excluding hydrogens is 460 g/mol. The molecule has 34 heavy (non-hydrogen) atoms. The fourth-order valence-corrected chi connectivity index (χ4v) is 3.96. The van der Waals surface area contributed by atoms with Gasteiger partial charge in [0.1, 0.15) is 11.6 Å². The van der Waals surface area contributed by atoms with Gasteiger partial charge < -0.3 is 24.7 Å². The van der Waals surface area contributed by atoms with E-state index in [0.717, 1.165) is 10.9 Å². The quantitative estimate of drug-likeness (QED) is 0.396. The van der Waals surface area contributed by atoms with E-state index in [4.69, 9.17) is 21.7 Å². The fourth-order valence-electron chi connectivity index (χ4n) is 3.71. The molecule has 0 amide bonds. The van der Waals surface area contributed by atoms with Crippen LogP contribution in [0.15, 0.2) is 71.5 Å².